The fourth-order valence-electron chi connectivity index (χ4n) is 3.74. The second-order valence-corrected chi connectivity index (χ2v) is 11.3. The molecule has 7 nitrogen and oxygen atoms in total. The van der Waals surface area contributed by atoms with E-state index in [1.54, 1.807) is 26.8 Å². The van der Waals surface area contributed by atoms with Crippen molar-refractivity contribution in [2.45, 2.75) is 62.4 Å². The Hall–Kier alpha value is -2.39. The summed E-state index contributed by atoms with van der Waals surface area (Å²) in [6.45, 7) is 4.79. The molecule has 0 N–H and O–H groups in total. The lowest BCUT2D eigenvalue weighted by atomic mass is 9.79. The van der Waals surface area contributed by atoms with Crippen molar-refractivity contribution in [2.24, 2.45) is 0 Å². The maximum atomic E-state index is 13.5. The first-order valence-corrected chi connectivity index (χ1v) is 12.5. The number of sulfonamides is 1. The van der Waals surface area contributed by atoms with Crippen molar-refractivity contribution in [1.29, 1.82) is 0 Å². The summed E-state index contributed by atoms with van der Waals surface area (Å²) < 4.78 is 32.3. The number of rotatable bonds is 4. The molecule has 1 fully saturated rings. The Labute approximate surface area is 196 Å². The molecule has 0 spiro atoms. The van der Waals surface area contributed by atoms with Crippen molar-refractivity contribution in [3.63, 3.8) is 0 Å². The van der Waals surface area contributed by atoms with Crippen LogP contribution in [0.5, 0.6) is 0 Å². The molecule has 0 unspecified atom stereocenters. The van der Waals surface area contributed by atoms with Gasteiger partial charge in [-0.05, 0) is 71.7 Å². The van der Waals surface area contributed by atoms with Gasteiger partial charge in [-0.15, -0.1) is 0 Å². The van der Waals surface area contributed by atoms with Crippen LogP contribution in [0.3, 0.4) is 0 Å². The maximum absolute atomic E-state index is 13.5. The number of amides is 1. The Bertz CT molecular complexity index is 1090. The molecule has 0 heterocycles. The lowest BCUT2D eigenvalue weighted by Gasteiger charge is -2.31. The van der Waals surface area contributed by atoms with Crippen LogP contribution < -0.4 is 0 Å². The van der Waals surface area contributed by atoms with E-state index in [1.807, 2.05) is 30.3 Å². The molecule has 0 saturated heterocycles. The van der Waals surface area contributed by atoms with Crippen LogP contribution in [0, 0.1) is 0 Å². The first kappa shape index (κ1) is 24.3. The minimum absolute atomic E-state index is 0.0731. The van der Waals surface area contributed by atoms with Gasteiger partial charge in [0.1, 0.15) is 10.5 Å². The molecule has 1 aliphatic rings. The minimum atomic E-state index is -4.57. The van der Waals surface area contributed by atoms with E-state index in [9.17, 15) is 18.0 Å². The van der Waals surface area contributed by atoms with E-state index in [0.717, 1.165) is 18.4 Å². The summed E-state index contributed by atoms with van der Waals surface area (Å²) in [5.74, 6) is -0.803. The van der Waals surface area contributed by atoms with Crippen LogP contribution in [0.4, 0.5) is 4.79 Å². The van der Waals surface area contributed by atoms with Gasteiger partial charge in [-0.1, -0.05) is 55.3 Å². The molecule has 9 heteroatoms. The van der Waals surface area contributed by atoms with Gasteiger partial charge in [0, 0.05) is 4.47 Å². The van der Waals surface area contributed by atoms with Gasteiger partial charge in [0.05, 0.1) is 5.41 Å². The highest BCUT2D eigenvalue weighted by molar-refractivity contribution is 9.10. The van der Waals surface area contributed by atoms with Crippen LogP contribution in [0.15, 0.2) is 64.0 Å². The normalized spacial score (nSPS) is 15.8. The van der Waals surface area contributed by atoms with Gasteiger partial charge in [-0.3, -0.25) is 0 Å². The summed E-state index contributed by atoms with van der Waals surface area (Å²) in [5.41, 5.74) is -1.31. The van der Waals surface area contributed by atoms with Crippen molar-refractivity contribution in [3.05, 3.63) is 64.6 Å². The van der Waals surface area contributed by atoms with E-state index in [4.69, 9.17) is 9.57 Å². The van der Waals surface area contributed by atoms with Gasteiger partial charge < -0.3 is 9.57 Å². The van der Waals surface area contributed by atoms with Crippen molar-refractivity contribution >= 4 is 38.0 Å². The van der Waals surface area contributed by atoms with E-state index >= 15 is 0 Å². The number of carbonyl (C=O) groups is 2. The zero-order valence-corrected chi connectivity index (χ0v) is 20.6. The van der Waals surface area contributed by atoms with E-state index in [-0.39, 0.29) is 13.8 Å². The highest BCUT2D eigenvalue weighted by Gasteiger charge is 2.48. The number of hydroxylamine groups is 1. The minimum Gasteiger partial charge on any atom is -0.441 e. The molecule has 3 rings (SSSR count). The van der Waals surface area contributed by atoms with Gasteiger partial charge >= 0.3 is 22.1 Å². The third kappa shape index (κ3) is 4.99. The maximum Gasteiger partial charge on any atom is 0.459 e. The first-order chi connectivity index (χ1) is 15.0. The zero-order valence-electron chi connectivity index (χ0n) is 18.2. The summed E-state index contributed by atoms with van der Waals surface area (Å²) in [7, 11) is -4.57. The Morgan fingerprint density at radius 2 is 1.53 bits per heavy atom. The summed E-state index contributed by atoms with van der Waals surface area (Å²) >= 11 is 3.19. The number of halogens is 1. The molecule has 1 saturated carbocycles. The largest absolute Gasteiger partial charge is 0.459 e. The third-order valence-corrected chi connectivity index (χ3v) is 7.74. The quantitative estimate of drug-likeness (QED) is 0.502. The molecule has 2 aromatic carbocycles. The number of ether oxygens (including phenoxy) is 1. The molecule has 0 aliphatic heterocycles. The molecule has 0 aromatic heterocycles. The van der Waals surface area contributed by atoms with Gasteiger partial charge in [0.25, 0.3) is 0 Å². The standard InChI is InChI=1S/C23H26BrNO6S/c1-22(2,3)30-21(27)25(32(28,29)19-14-8-7-13-18(19)24)31-20(26)23(15-9-10-16-23)17-11-5-4-6-12-17/h4-8,11-14H,9-10,15-16H2,1-3H3. The van der Waals surface area contributed by atoms with Crippen molar-refractivity contribution in [3.8, 4) is 0 Å². The Morgan fingerprint density at radius 1 is 0.969 bits per heavy atom. The summed E-state index contributed by atoms with van der Waals surface area (Å²) in [5, 5.41) is 0. The number of hydrogen-bond donors (Lipinski definition) is 0. The number of hydrogen-bond acceptors (Lipinski definition) is 6. The van der Waals surface area contributed by atoms with Crippen molar-refractivity contribution < 1.29 is 27.6 Å². The fourth-order valence-corrected chi connectivity index (χ4v) is 5.78. The topological polar surface area (TPSA) is 90.0 Å². The Kier molecular flexibility index (Phi) is 7.00. The van der Waals surface area contributed by atoms with Crippen molar-refractivity contribution in [2.75, 3.05) is 0 Å². The predicted molar refractivity (Wildman–Crippen MR) is 122 cm³/mol. The number of carbonyl (C=O) groups excluding carboxylic acids is 2. The van der Waals surface area contributed by atoms with Gasteiger partial charge in [0.2, 0.25) is 0 Å². The van der Waals surface area contributed by atoms with Gasteiger partial charge in [-0.25, -0.2) is 9.59 Å². The molecule has 32 heavy (non-hydrogen) atoms. The van der Waals surface area contributed by atoms with Gasteiger partial charge in [-0.2, -0.15) is 8.42 Å². The van der Waals surface area contributed by atoms with Gasteiger partial charge in [0.15, 0.2) is 0 Å². The lowest BCUT2D eigenvalue weighted by Crippen LogP contribution is -2.46. The van der Waals surface area contributed by atoms with Crippen molar-refractivity contribution in [1.82, 2.24) is 4.47 Å². The van der Waals surface area contributed by atoms with E-state index in [0.29, 0.717) is 12.8 Å². The average molecular weight is 524 g/mol. The fraction of sp³-hybridized carbons (Fsp3) is 0.391. The smallest absolute Gasteiger partial charge is 0.441 e. The van der Waals surface area contributed by atoms with Crippen LogP contribution in [-0.2, 0) is 29.8 Å². The molecular formula is C23H26BrNO6S. The molecule has 0 bridgehead atoms. The molecule has 1 amide bonds. The molecule has 172 valence electrons. The highest BCUT2D eigenvalue weighted by atomic mass is 79.9. The molecule has 0 radical (unpaired) electrons. The van der Waals surface area contributed by atoms with Crippen LogP contribution in [-0.4, -0.2) is 30.5 Å². The number of nitrogens with zero attached hydrogens (tertiary/aromatic N) is 1. The Morgan fingerprint density at radius 3 is 2.09 bits per heavy atom. The monoisotopic (exact) mass is 523 g/mol. The lowest BCUT2D eigenvalue weighted by molar-refractivity contribution is -0.174. The molecule has 1 aliphatic carbocycles. The number of benzene rings is 2. The first-order valence-electron chi connectivity index (χ1n) is 10.3. The summed E-state index contributed by atoms with van der Waals surface area (Å²) in [6, 6.07) is 15.1. The van der Waals surface area contributed by atoms with E-state index in [1.165, 1.54) is 18.2 Å². The summed E-state index contributed by atoms with van der Waals surface area (Å²) in [4.78, 5) is 31.5. The van der Waals surface area contributed by atoms with Crippen LogP contribution in [0.2, 0.25) is 0 Å². The third-order valence-electron chi connectivity index (χ3n) is 5.22. The highest BCUT2D eigenvalue weighted by Crippen LogP contribution is 2.42. The second kappa shape index (κ2) is 9.23. The summed E-state index contributed by atoms with van der Waals surface area (Å²) in [6.07, 6.45) is 1.27. The van der Waals surface area contributed by atoms with E-state index in [2.05, 4.69) is 15.9 Å². The molecule has 0 atom stereocenters. The second-order valence-electron chi connectivity index (χ2n) is 8.68. The predicted octanol–water partition coefficient (Wildman–Crippen LogP) is 5.35. The van der Waals surface area contributed by atoms with Crippen LogP contribution in [0.1, 0.15) is 52.0 Å². The zero-order chi connectivity index (χ0) is 23.6. The average Bonchev–Trinajstić information content (AvgIpc) is 3.22. The molecular weight excluding hydrogens is 498 g/mol. The van der Waals surface area contributed by atoms with Crippen LogP contribution in [0.25, 0.3) is 0 Å². The Balaban J connectivity index is 2.03. The SMILES string of the molecule is CC(C)(C)OC(=O)N(OC(=O)C1(c2ccccc2)CCCC1)S(=O)(=O)c1ccccc1Br. The van der Waals surface area contributed by atoms with E-state index < -0.39 is 33.1 Å². The molecule has 2 aromatic rings. The van der Waals surface area contributed by atoms with Crippen LogP contribution >= 0.6 is 15.9 Å².